The molecule has 59 heavy (non-hydrogen) atoms. The topological polar surface area (TPSA) is 197 Å². The lowest BCUT2D eigenvalue weighted by atomic mass is 9.92. The molecule has 16 heteroatoms. The van der Waals surface area contributed by atoms with E-state index in [1.165, 1.54) is 12.4 Å². The highest BCUT2D eigenvalue weighted by Gasteiger charge is 2.27. The van der Waals surface area contributed by atoms with Gasteiger partial charge in [-0.15, -0.1) is 0 Å². The Balaban J connectivity index is 1.00. The normalized spacial score (nSPS) is 13.6. The molecule has 0 aliphatic carbocycles. The van der Waals surface area contributed by atoms with Gasteiger partial charge < -0.3 is 40.6 Å². The second-order valence-corrected chi connectivity index (χ2v) is 15.6. The Labute approximate surface area is 346 Å². The molecule has 1 fully saturated rings. The number of para-hydroxylation sites is 1. The second kappa shape index (κ2) is 22.7. The number of hydrogen-bond donors (Lipinski definition) is 4. The monoisotopic (exact) mass is 813 g/mol. The van der Waals surface area contributed by atoms with Crippen molar-refractivity contribution in [2.24, 2.45) is 5.41 Å². The van der Waals surface area contributed by atoms with Crippen molar-refractivity contribution in [3.8, 4) is 22.8 Å². The van der Waals surface area contributed by atoms with Gasteiger partial charge in [0, 0.05) is 51.4 Å². The second-order valence-electron chi connectivity index (χ2n) is 15.6. The lowest BCUT2D eigenvalue weighted by Crippen LogP contribution is -2.42. The number of nitrogens with one attached hydrogen (secondary N) is 3. The van der Waals surface area contributed by atoms with Crippen molar-refractivity contribution < 1.29 is 33.3 Å². The van der Waals surface area contributed by atoms with Crippen molar-refractivity contribution in [2.75, 3.05) is 83.4 Å². The van der Waals surface area contributed by atoms with E-state index in [9.17, 15) is 14.4 Å². The van der Waals surface area contributed by atoms with Gasteiger partial charge in [0.1, 0.15) is 23.6 Å². The number of likely N-dealkylation sites (tertiary alicyclic amines) is 1. The molecule has 16 nitrogen and oxygen atoms in total. The molecule has 3 heterocycles. The number of fused-ring (bicyclic) bond motifs is 1. The number of amides is 3. The first-order valence-electron chi connectivity index (χ1n) is 20.3. The quantitative estimate of drug-likeness (QED) is 0.0570. The van der Waals surface area contributed by atoms with E-state index in [2.05, 4.69) is 37.4 Å². The van der Waals surface area contributed by atoms with Crippen LogP contribution in [-0.2, 0) is 28.6 Å². The molecule has 3 amide bonds. The number of anilines is 2. The van der Waals surface area contributed by atoms with E-state index in [0.29, 0.717) is 131 Å². The van der Waals surface area contributed by atoms with Gasteiger partial charge in [0.15, 0.2) is 11.4 Å². The molecule has 5 rings (SSSR count). The van der Waals surface area contributed by atoms with E-state index in [0.717, 1.165) is 19.3 Å². The van der Waals surface area contributed by atoms with Crippen LogP contribution in [0.25, 0.3) is 22.3 Å². The number of aromatic nitrogens is 4. The summed E-state index contributed by atoms with van der Waals surface area (Å²) in [6.45, 7) is 15.6. The van der Waals surface area contributed by atoms with Gasteiger partial charge in [-0.05, 0) is 67.5 Å². The third-order valence-electron chi connectivity index (χ3n) is 9.47. The lowest BCUT2D eigenvalue weighted by Gasteiger charge is -2.31. The van der Waals surface area contributed by atoms with Crippen LogP contribution in [0.4, 0.5) is 11.5 Å². The van der Waals surface area contributed by atoms with Crippen LogP contribution in [0.3, 0.4) is 0 Å². The fraction of sp³-hybridized carbons (Fsp3) is 0.488. The number of piperidine rings is 1. The minimum absolute atomic E-state index is 0.0154. The summed E-state index contributed by atoms with van der Waals surface area (Å²) in [7, 11) is 0. The van der Waals surface area contributed by atoms with Crippen LogP contribution >= 0.6 is 0 Å². The highest BCUT2D eigenvalue weighted by atomic mass is 16.5. The molecular weight excluding hydrogens is 755 g/mol. The molecule has 0 bridgehead atoms. The summed E-state index contributed by atoms with van der Waals surface area (Å²) >= 11 is 0. The predicted octanol–water partition coefficient (Wildman–Crippen LogP) is 5.13. The lowest BCUT2D eigenvalue weighted by molar-refractivity contribution is -0.123. The summed E-state index contributed by atoms with van der Waals surface area (Å²) in [5.74, 6) is 1.04. The Bertz CT molecular complexity index is 1980. The molecule has 0 saturated carbocycles. The van der Waals surface area contributed by atoms with E-state index in [1.807, 2.05) is 61.9 Å². The van der Waals surface area contributed by atoms with E-state index in [-0.39, 0.29) is 29.2 Å². The van der Waals surface area contributed by atoms with Crippen molar-refractivity contribution in [2.45, 2.75) is 58.9 Å². The number of nitrogens with two attached hydrogens (primary N) is 1. The number of nitrogens with zero attached hydrogens (tertiary/aromatic N) is 5. The molecule has 0 spiro atoms. The van der Waals surface area contributed by atoms with Gasteiger partial charge in [-0.1, -0.05) is 45.5 Å². The van der Waals surface area contributed by atoms with E-state index >= 15 is 0 Å². The van der Waals surface area contributed by atoms with Crippen molar-refractivity contribution >= 4 is 40.3 Å². The van der Waals surface area contributed by atoms with Gasteiger partial charge in [0.05, 0.1) is 50.1 Å². The van der Waals surface area contributed by atoms with Crippen LogP contribution in [0.2, 0.25) is 0 Å². The smallest absolute Gasteiger partial charge is 0.247 e. The third-order valence-corrected chi connectivity index (χ3v) is 9.47. The third kappa shape index (κ3) is 14.4. The summed E-state index contributed by atoms with van der Waals surface area (Å²) in [4.78, 5) is 48.0. The number of nitrogen functional groups attached to an aromatic ring is 1. The van der Waals surface area contributed by atoms with E-state index in [1.54, 1.807) is 12.1 Å². The van der Waals surface area contributed by atoms with Gasteiger partial charge in [-0.2, -0.15) is 5.10 Å². The molecule has 2 aromatic carbocycles. The summed E-state index contributed by atoms with van der Waals surface area (Å²) in [5.41, 5.74) is 8.76. The SMILES string of the molecule is C=CC(=O)Nc1cc(-c2nn(C3CCN(CC(=O)NCCCOCCOCCOCCCNC(=O)CC(C)(C)C)CC3)c3ncnc(N)c23)ccc1Oc1ccccc1. The van der Waals surface area contributed by atoms with Gasteiger partial charge in [-0.3, -0.25) is 19.3 Å². The largest absolute Gasteiger partial charge is 0.455 e. The minimum Gasteiger partial charge on any atom is -0.455 e. The molecular formula is C43H59N9O7. The average Bonchev–Trinajstić information content (AvgIpc) is 3.61. The molecule has 4 aromatic rings. The zero-order chi connectivity index (χ0) is 42.0. The molecule has 5 N–H and O–H groups in total. The Hall–Kier alpha value is -5.42. The minimum atomic E-state index is -0.382. The Morgan fingerprint density at radius 3 is 2.17 bits per heavy atom. The maximum Gasteiger partial charge on any atom is 0.247 e. The number of ether oxygens (including phenoxy) is 4. The fourth-order valence-electron chi connectivity index (χ4n) is 6.59. The van der Waals surface area contributed by atoms with Crippen molar-refractivity contribution in [1.29, 1.82) is 0 Å². The van der Waals surface area contributed by atoms with Crippen LogP contribution in [0.5, 0.6) is 11.5 Å². The van der Waals surface area contributed by atoms with Crippen LogP contribution in [0.1, 0.15) is 58.9 Å². The van der Waals surface area contributed by atoms with Crippen LogP contribution in [0.15, 0.2) is 67.5 Å². The molecule has 1 aliphatic heterocycles. The summed E-state index contributed by atoms with van der Waals surface area (Å²) < 4.78 is 24.8. The standard InChI is InChI=1S/C43H59N9O7/c1-5-36(53)49-34-27-31(13-14-35(34)59-33-11-7-6-8-12-33)40-39-41(44)47-30-48-42(39)52(50-40)32-15-19-51(20-16-32)29-38(55)46-18-10-22-57-24-26-58-25-23-56-21-9-17-45-37(54)28-43(2,3)4/h5-8,11-14,27,30,32H,1,9-10,15-26,28-29H2,2-4H3,(H,45,54)(H,46,55)(H,49,53)(H2,44,47,48). The average molecular weight is 814 g/mol. The van der Waals surface area contributed by atoms with Crippen LogP contribution in [-0.4, -0.2) is 115 Å². The summed E-state index contributed by atoms with van der Waals surface area (Å²) in [6.07, 6.45) is 6.13. The Kier molecular flexibility index (Phi) is 17.2. The first kappa shape index (κ1) is 44.7. The van der Waals surface area contributed by atoms with Gasteiger partial charge in [0.25, 0.3) is 0 Å². The summed E-state index contributed by atoms with van der Waals surface area (Å²) in [5, 5.41) is 14.4. The van der Waals surface area contributed by atoms with E-state index in [4.69, 9.17) is 29.8 Å². The number of carbonyl (C=O) groups is 3. The fourth-order valence-corrected chi connectivity index (χ4v) is 6.59. The summed E-state index contributed by atoms with van der Waals surface area (Å²) in [6, 6.07) is 14.8. The highest BCUT2D eigenvalue weighted by molar-refractivity contribution is 6.02. The van der Waals surface area contributed by atoms with Crippen molar-refractivity contribution in [1.82, 2.24) is 35.3 Å². The van der Waals surface area contributed by atoms with Crippen molar-refractivity contribution in [3.63, 3.8) is 0 Å². The van der Waals surface area contributed by atoms with Crippen LogP contribution in [0, 0.1) is 5.41 Å². The molecule has 1 aliphatic rings. The van der Waals surface area contributed by atoms with Crippen molar-refractivity contribution in [3.05, 3.63) is 67.5 Å². The predicted molar refractivity (Wildman–Crippen MR) is 227 cm³/mol. The van der Waals surface area contributed by atoms with Gasteiger partial charge in [-0.25, -0.2) is 14.6 Å². The highest BCUT2D eigenvalue weighted by Crippen LogP contribution is 2.38. The maximum atomic E-state index is 12.7. The molecule has 318 valence electrons. The Morgan fingerprint density at radius 1 is 0.881 bits per heavy atom. The zero-order valence-corrected chi connectivity index (χ0v) is 34.5. The molecule has 0 radical (unpaired) electrons. The zero-order valence-electron chi connectivity index (χ0n) is 34.5. The van der Waals surface area contributed by atoms with Crippen LogP contribution < -0.4 is 26.4 Å². The maximum absolute atomic E-state index is 12.7. The van der Waals surface area contributed by atoms with E-state index < -0.39 is 0 Å². The molecule has 1 saturated heterocycles. The van der Waals surface area contributed by atoms with Gasteiger partial charge >= 0.3 is 0 Å². The number of carbonyl (C=O) groups excluding carboxylic acids is 3. The number of benzene rings is 2. The number of hydrogen-bond acceptors (Lipinski definition) is 12. The number of rotatable bonds is 23. The van der Waals surface area contributed by atoms with Gasteiger partial charge in [0.2, 0.25) is 17.7 Å². The first-order chi connectivity index (χ1) is 28.5. The molecule has 0 atom stereocenters. The first-order valence-corrected chi connectivity index (χ1v) is 20.3. The molecule has 2 aromatic heterocycles. The molecule has 0 unspecified atom stereocenters. The Morgan fingerprint density at radius 2 is 1.53 bits per heavy atom.